The molecule has 3 N–H and O–H groups in total. The summed E-state index contributed by atoms with van der Waals surface area (Å²) in [6, 6.07) is 0. The highest BCUT2D eigenvalue weighted by Crippen LogP contribution is 2.22. The molecule has 1 rings (SSSR count). The summed E-state index contributed by atoms with van der Waals surface area (Å²) in [6.45, 7) is 0. The van der Waals surface area contributed by atoms with E-state index in [9.17, 15) is 13.2 Å². The molecule has 0 aliphatic rings. The lowest BCUT2D eigenvalue weighted by Gasteiger charge is -2.03. The Morgan fingerprint density at radius 2 is 2.15 bits per heavy atom. The number of nitrogens with zero attached hydrogens (tertiary/aromatic N) is 1. The number of anilines is 1. The largest absolute Gasteiger partial charge is 0.389 e. The topological polar surface area (TPSA) is 54.7 Å². The van der Waals surface area contributed by atoms with Gasteiger partial charge in [-0.05, 0) is 6.42 Å². The van der Waals surface area contributed by atoms with E-state index in [4.69, 9.17) is 5.73 Å². The monoisotopic (exact) mass is 193 g/mol. The van der Waals surface area contributed by atoms with Crippen molar-refractivity contribution in [3.63, 3.8) is 0 Å². The highest BCUT2D eigenvalue weighted by atomic mass is 19.4. The molecule has 74 valence electrons. The molecule has 0 radical (unpaired) electrons. The number of halogens is 3. The molecule has 0 aliphatic heterocycles. The van der Waals surface area contributed by atoms with Crippen LogP contribution in [-0.4, -0.2) is 16.1 Å². The number of aromatic nitrogens is 2. The molecule has 6 heteroatoms. The first-order chi connectivity index (χ1) is 5.97. The van der Waals surface area contributed by atoms with Crippen LogP contribution in [-0.2, 0) is 6.42 Å². The smallest absolute Gasteiger partial charge is 0.384 e. The van der Waals surface area contributed by atoms with E-state index in [-0.39, 0.29) is 12.8 Å². The Kier molecular flexibility index (Phi) is 2.79. The number of hydrogen-bond acceptors (Lipinski definition) is 2. The first-order valence-corrected chi connectivity index (χ1v) is 3.83. The first kappa shape index (κ1) is 9.88. The third kappa shape index (κ3) is 3.82. The number of aromatic amines is 1. The maximum atomic E-state index is 11.7. The Bertz CT molecular complexity index is 266. The number of hydrogen-bond donors (Lipinski definition) is 2. The average molecular weight is 193 g/mol. The number of nitrogens with two attached hydrogens (primary N) is 1. The highest BCUT2D eigenvalue weighted by Gasteiger charge is 2.26. The number of aryl methyl sites for hydroxylation is 1. The van der Waals surface area contributed by atoms with Crippen LogP contribution in [0, 0.1) is 0 Å². The maximum Gasteiger partial charge on any atom is 0.389 e. The van der Waals surface area contributed by atoms with Gasteiger partial charge in [0.05, 0.1) is 6.20 Å². The second-order valence-corrected chi connectivity index (χ2v) is 2.75. The highest BCUT2D eigenvalue weighted by molar-refractivity contribution is 5.24. The van der Waals surface area contributed by atoms with Gasteiger partial charge in [0, 0.05) is 12.8 Å². The maximum absolute atomic E-state index is 11.7. The third-order valence-electron chi connectivity index (χ3n) is 1.52. The first-order valence-electron chi connectivity index (χ1n) is 3.83. The van der Waals surface area contributed by atoms with Crippen molar-refractivity contribution in [2.24, 2.45) is 0 Å². The van der Waals surface area contributed by atoms with Gasteiger partial charge in [-0.3, -0.25) is 0 Å². The Morgan fingerprint density at radius 1 is 1.46 bits per heavy atom. The number of rotatable bonds is 3. The fourth-order valence-corrected chi connectivity index (χ4v) is 0.962. The molecule has 3 nitrogen and oxygen atoms in total. The number of alkyl halides is 3. The van der Waals surface area contributed by atoms with E-state index in [2.05, 4.69) is 9.97 Å². The van der Waals surface area contributed by atoms with E-state index >= 15 is 0 Å². The van der Waals surface area contributed by atoms with E-state index < -0.39 is 12.6 Å². The standard InChI is InChI=1S/C7H10F3N3/c8-7(9,10)3-1-2-6-12-4-5(11)13-6/h4H,1-3,11H2,(H,12,13). The molecule has 0 amide bonds. The molecule has 0 aliphatic carbocycles. The van der Waals surface area contributed by atoms with Crippen molar-refractivity contribution < 1.29 is 13.2 Å². The van der Waals surface area contributed by atoms with Crippen LogP contribution in [0.3, 0.4) is 0 Å². The fraction of sp³-hybridized carbons (Fsp3) is 0.571. The minimum absolute atomic E-state index is 0.0381. The van der Waals surface area contributed by atoms with Gasteiger partial charge in [-0.1, -0.05) is 0 Å². The zero-order valence-corrected chi connectivity index (χ0v) is 6.86. The summed E-state index contributed by atoms with van der Waals surface area (Å²) in [5, 5.41) is 0. The molecule has 13 heavy (non-hydrogen) atoms. The molecule has 0 unspecified atom stereocenters. The SMILES string of the molecule is Nc1cnc(CCCC(F)(F)F)[nH]1. The van der Waals surface area contributed by atoms with Crippen LogP contribution in [0.25, 0.3) is 0 Å². The van der Waals surface area contributed by atoms with Gasteiger partial charge in [-0.15, -0.1) is 0 Å². The molecule has 1 heterocycles. The predicted molar refractivity (Wildman–Crippen MR) is 42.0 cm³/mol. The van der Waals surface area contributed by atoms with Crippen molar-refractivity contribution in [2.75, 3.05) is 5.73 Å². The average Bonchev–Trinajstić information content (AvgIpc) is 2.33. The second-order valence-electron chi connectivity index (χ2n) is 2.75. The van der Waals surface area contributed by atoms with Gasteiger partial charge in [0.25, 0.3) is 0 Å². The van der Waals surface area contributed by atoms with Crippen molar-refractivity contribution in [1.82, 2.24) is 9.97 Å². The molecule has 0 spiro atoms. The van der Waals surface area contributed by atoms with Gasteiger partial charge in [0.2, 0.25) is 0 Å². The number of nitrogens with one attached hydrogen (secondary N) is 1. The molecule has 0 bridgehead atoms. The van der Waals surface area contributed by atoms with Crippen molar-refractivity contribution in [3.8, 4) is 0 Å². The fourth-order valence-electron chi connectivity index (χ4n) is 0.962. The summed E-state index contributed by atoms with van der Waals surface area (Å²) in [5.74, 6) is 0.878. The van der Waals surface area contributed by atoms with Gasteiger partial charge >= 0.3 is 6.18 Å². The van der Waals surface area contributed by atoms with Crippen LogP contribution in [0.2, 0.25) is 0 Å². The van der Waals surface area contributed by atoms with E-state index in [1.165, 1.54) is 6.20 Å². The van der Waals surface area contributed by atoms with Gasteiger partial charge in [-0.25, -0.2) is 4.98 Å². The normalized spacial score (nSPS) is 11.9. The van der Waals surface area contributed by atoms with Crippen LogP contribution in [0.4, 0.5) is 19.0 Å². The van der Waals surface area contributed by atoms with E-state index in [0.29, 0.717) is 11.6 Å². The van der Waals surface area contributed by atoms with Crippen LogP contribution in [0.5, 0.6) is 0 Å². The molecule has 1 aromatic heterocycles. The third-order valence-corrected chi connectivity index (χ3v) is 1.52. The second kappa shape index (κ2) is 3.68. The Morgan fingerprint density at radius 3 is 2.62 bits per heavy atom. The molecule has 0 saturated carbocycles. The van der Waals surface area contributed by atoms with E-state index in [1.54, 1.807) is 0 Å². The molecular formula is C7H10F3N3. The lowest BCUT2D eigenvalue weighted by Crippen LogP contribution is -2.07. The number of imidazole rings is 1. The Balaban J connectivity index is 2.28. The van der Waals surface area contributed by atoms with E-state index in [1.807, 2.05) is 0 Å². The lowest BCUT2D eigenvalue weighted by molar-refractivity contribution is -0.135. The zero-order chi connectivity index (χ0) is 9.90. The van der Waals surface area contributed by atoms with Crippen molar-refractivity contribution >= 4 is 5.82 Å². The van der Waals surface area contributed by atoms with Crippen molar-refractivity contribution in [1.29, 1.82) is 0 Å². The lowest BCUT2D eigenvalue weighted by atomic mass is 10.2. The number of H-pyrrole nitrogens is 1. The number of nitrogen functional groups attached to an aromatic ring is 1. The summed E-state index contributed by atoms with van der Waals surface area (Å²) in [7, 11) is 0. The summed E-state index contributed by atoms with van der Waals surface area (Å²) in [4.78, 5) is 6.45. The van der Waals surface area contributed by atoms with E-state index in [0.717, 1.165) is 0 Å². The quantitative estimate of drug-likeness (QED) is 0.769. The predicted octanol–water partition coefficient (Wildman–Crippen LogP) is 1.88. The van der Waals surface area contributed by atoms with Crippen LogP contribution in [0.1, 0.15) is 18.7 Å². The molecular weight excluding hydrogens is 183 g/mol. The Hall–Kier alpha value is -1.20. The molecule has 0 saturated heterocycles. The molecule has 0 atom stereocenters. The molecule has 0 aromatic carbocycles. The van der Waals surface area contributed by atoms with Crippen LogP contribution >= 0.6 is 0 Å². The van der Waals surface area contributed by atoms with Gasteiger partial charge < -0.3 is 10.7 Å². The summed E-state index contributed by atoms with van der Waals surface area (Å²) < 4.78 is 35.1. The molecule has 1 aromatic rings. The minimum Gasteiger partial charge on any atom is -0.384 e. The zero-order valence-electron chi connectivity index (χ0n) is 6.86. The minimum atomic E-state index is -4.09. The van der Waals surface area contributed by atoms with Crippen molar-refractivity contribution in [3.05, 3.63) is 12.0 Å². The van der Waals surface area contributed by atoms with Gasteiger partial charge in [0.15, 0.2) is 0 Å². The summed E-state index contributed by atoms with van der Waals surface area (Å²) in [5.41, 5.74) is 5.30. The van der Waals surface area contributed by atoms with Gasteiger partial charge in [0.1, 0.15) is 11.6 Å². The molecule has 0 fully saturated rings. The van der Waals surface area contributed by atoms with Crippen LogP contribution in [0.15, 0.2) is 6.20 Å². The van der Waals surface area contributed by atoms with Crippen LogP contribution < -0.4 is 5.73 Å². The Labute approximate surface area is 73.2 Å². The van der Waals surface area contributed by atoms with Crippen molar-refractivity contribution in [2.45, 2.75) is 25.4 Å². The summed E-state index contributed by atoms with van der Waals surface area (Å²) >= 11 is 0. The summed E-state index contributed by atoms with van der Waals surface area (Å²) in [6.07, 6.45) is -3.16. The van der Waals surface area contributed by atoms with Gasteiger partial charge in [-0.2, -0.15) is 13.2 Å².